The highest BCUT2D eigenvalue weighted by molar-refractivity contribution is 5.83. The fourth-order valence-corrected chi connectivity index (χ4v) is 2.34. The number of hydrazine groups is 1. The van der Waals surface area contributed by atoms with Crippen molar-refractivity contribution in [3.05, 3.63) is 41.9 Å². The number of hydrogen-bond acceptors (Lipinski definition) is 3. The molecule has 1 aromatic carbocycles. The molecular weight excluding hydrogens is 293 g/mol. The van der Waals surface area contributed by atoms with Crippen LogP contribution in [0.2, 0.25) is 0 Å². The maximum atomic E-state index is 13.1. The van der Waals surface area contributed by atoms with Crippen molar-refractivity contribution < 1.29 is 9.18 Å². The average Bonchev–Trinajstić information content (AvgIpc) is 2.50. The molecule has 4 nitrogen and oxygen atoms in total. The first-order valence-electron chi connectivity index (χ1n) is 7.80. The highest BCUT2D eigenvalue weighted by atomic mass is 19.1. The second-order valence-electron chi connectivity index (χ2n) is 6.59. The molecule has 0 aliphatic rings. The zero-order valence-electron chi connectivity index (χ0n) is 15.1. The van der Waals surface area contributed by atoms with E-state index in [4.69, 9.17) is 0 Å². The molecule has 0 aromatic heterocycles. The summed E-state index contributed by atoms with van der Waals surface area (Å²) in [5, 5.41) is 1.59. The summed E-state index contributed by atoms with van der Waals surface area (Å²) >= 11 is 0. The number of nitrogens with one attached hydrogen (secondary N) is 1. The number of likely N-dealkylation sites (N-methyl/N-ethyl adjacent to an activating group) is 1. The lowest BCUT2D eigenvalue weighted by Gasteiger charge is -2.37. The van der Waals surface area contributed by atoms with E-state index in [1.807, 2.05) is 52.6 Å². The maximum absolute atomic E-state index is 13.1. The van der Waals surface area contributed by atoms with E-state index in [1.165, 1.54) is 12.1 Å². The number of allylic oxidation sites excluding steroid dienone is 1. The molecule has 0 aliphatic heterocycles. The van der Waals surface area contributed by atoms with Gasteiger partial charge in [-0.1, -0.05) is 26.8 Å². The number of benzene rings is 1. The van der Waals surface area contributed by atoms with E-state index in [0.29, 0.717) is 0 Å². The van der Waals surface area contributed by atoms with E-state index in [1.54, 1.807) is 24.2 Å². The Kier molecular flexibility index (Phi) is 6.33. The Balaban J connectivity index is 3.08. The number of hydrogen-bond donors (Lipinski definition) is 1. The van der Waals surface area contributed by atoms with Crippen molar-refractivity contribution in [1.82, 2.24) is 10.4 Å². The first-order chi connectivity index (χ1) is 10.6. The molecule has 0 aliphatic carbocycles. The molecule has 1 aromatic rings. The van der Waals surface area contributed by atoms with Crippen LogP contribution < -0.4 is 10.3 Å². The third-order valence-electron chi connectivity index (χ3n) is 3.87. The third-order valence-corrected chi connectivity index (χ3v) is 3.87. The lowest BCUT2D eigenvalue weighted by molar-refractivity contribution is -0.140. The van der Waals surface area contributed by atoms with E-state index in [0.717, 1.165) is 11.4 Å². The maximum Gasteiger partial charge on any atom is 0.246 e. The van der Waals surface area contributed by atoms with E-state index in [-0.39, 0.29) is 17.8 Å². The van der Waals surface area contributed by atoms with Crippen LogP contribution in [0.1, 0.15) is 34.6 Å². The summed E-state index contributed by atoms with van der Waals surface area (Å²) < 4.78 is 13.1. The Morgan fingerprint density at radius 2 is 1.78 bits per heavy atom. The van der Waals surface area contributed by atoms with Crippen LogP contribution in [0.3, 0.4) is 0 Å². The molecule has 1 rings (SSSR count). The normalized spacial score (nSPS) is 13.7. The first kappa shape index (κ1) is 19.2. The van der Waals surface area contributed by atoms with Crippen LogP contribution >= 0.6 is 0 Å². The summed E-state index contributed by atoms with van der Waals surface area (Å²) in [5.74, 6) is -0.270. The molecule has 128 valence electrons. The quantitative estimate of drug-likeness (QED) is 0.842. The van der Waals surface area contributed by atoms with Crippen molar-refractivity contribution in [3.8, 4) is 0 Å². The van der Waals surface area contributed by atoms with Crippen LogP contribution in [0.4, 0.5) is 10.1 Å². The molecular formula is C18H28FN3O. The fraction of sp³-hybridized carbons (Fsp3) is 0.500. The summed E-state index contributed by atoms with van der Waals surface area (Å²) in [6, 6.07) is 6.26. The number of anilines is 1. The van der Waals surface area contributed by atoms with Crippen LogP contribution in [0, 0.1) is 11.2 Å². The van der Waals surface area contributed by atoms with Crippen LogP contribution in [0.5, 0.6) is 0 Å². The minimum Gasteiger partial charge on any atom is -0.366 e. The largest absolute Gasteiger partial charge is 0.366 e. The second kappa shape index (κ2) is 7.59. The third kappa shape index (κ3) is 4.55. The van der Waals surface area contributed by atoms with E-state index in [9.17, 15) is 9.18 Å². The molecule has 0 spiro atoms. The molecule has 5 heteroatoms. The lowest BCUT2D eigenvalue weighted by Crippen LogP contribution is -2.50. The van der Waals surface area contributed by atoms with Gasteiger partial charge in [0.2, 0.25) is 5.91 Å². The number of nitrogens with zero attached hydrogens (tertiary/aromatic N) is 2. The molecule has 0 saturated carbocycles. The predicted molar refractivity (Wildman–Crippen MR) is 93.4 cm³/mol. The Labute approximate surface area is 138 Å². The van der Waals surface area contributed by atoms with Gasteiger partial charge in [0.25, 0.3) is 0 Å². The summed E-state index contributed by atoms with van der Waals surface area (Å²) in [5.41, 5.74) is 4.22. The first-order valence-corrected chi connectivity index (χ1v) is 7.80. The summed E-state index contributed by atoms with van der Waals surface area (Å²) in [7, 11) is 3.66. The van der Waals surface area contributed by atoms with Gasteiger partial charge in [0.15, 0.2) is 0 Å². The van der Waals surface area contributed by atoms with Gasteiger partial charge in [-0.3, -0.25) is 4.79 Å². The number of carbonyl (C=O) groups is 1. The monoisotopic (exact) mass is 321 g/mol. The van der Waals surface area contributed by atoms with Crippen LogP contribution in [0.25, 0.3) is 0 Å². The number of amides is 1. The lowest BCUT2D eigenvalue weighted by atomic mass is 9.94. The van der Waals surface area contributed by atoms with Crippen molar-refractivity contribution in [1.29, 1.82) is 0 Å². The topological polar surface area (TPSA) is 35.6 Å². The Morgan fingerprint density at radius 1 is 1.26 bits per heavy atom. The van der Waals surface area contributed by atoms with E-state index >= 15 is 0 Å². The summed E-state index contributed by atoms with van der Waals surface area (Å²) in [4.78, 5) is 14.7. The van der Waals surface area contributed by atoms with Gasteiger partial charge in [-0.15, -0.1) is 0 Å². The van der Waals surface area contributed by atoms with Gasteiger partial charge in [-0.05, 0) is 38.1 Å². The van der Waals surface area contributed by atoms with Gasteiger partial charge in [-0.2, -0.15) is 0 Å². The van der Waals surface area contributed by atoms with E-state index < -0.39 is 5.41 Å². The van der Waals surface area contributed by atoms with Gasteiger partial charge in [-0.25, -0.2) is 14.8 Å². The number of halogens is 1. The zero-order chi connectivity index (χ0) is 17.8. The number of carbonyl (C=O) groups excluding carboxylic acids is 1. The standard InChI is InChI=1S/C18H28FN3O/c1-8-16(22(20-6)17(23)18(3,4)5)13(2)21(7)15-11-9-14(19)10-12-15/h8-13,20H,1-7H3/b16-8+. The molecule has 23 heavy (non-hydrogen) atoms. The van der Waals surface area contributed by atoms with Crippen LogP contribution in [-0.4, -0.2) is 31.1 Å². The Bertz CT molecular complexity index is 561. The van der Waals surface area contributed by atoms with Crippen molar-refractivity contribution >= 4 is 11.6 Å². The molecule has 0 heterocycles. The van der Waals surface area contributed by atoms with Gasteiger partial charge in [0, 0.05) is 25.2 Å². The summed E-state index contributed by atoms with van der Waals surface area (Å²) in [6.45, 7) is 9.59. The zero-order valence-corrected chi connectivity index (χ0v) is 15.1. The molecule has 1 unspecified atom stereocenters. The van der Waals surface area contributed by atoms with Crippen molar-refractivity contribution in [2.24, 2.45) is 5.41 Å². The minimum atomic E-state index is -0.495. The fourth-order valence-electron chi connectivity index (χ4n) is 2.34. The highest BCUT2D eigenvalue weighted by Gasteiger charge is 2.31. The van der Waals surface area contributed by atoms with Gasteiger partial charge >= 0.3 is 0 Å². The molecule has 0 saturated heterocycles. The smallest absolute Gasteiger partial charge is 0.246 e. The van der Waals surface area contributed by atoms with E-state index in [2.05, 4.69) is 5.43 Å². The molecule has 0 bridgehead atoms. The molecule has 1 atom stereocenters. The van der Waals surface area contributed by atoms with Gasteiger partial charge < -0.3 is 4.90 Å². The Morgan fingerprint density at radius 3 is 2.17 bits per heavy atom. The molecule has 0 fully saturated rings. The van der Waals surface area contributed by atoms with Gasteiger partial charge in [0.05, 0.1) is 11.7 Å². The minimum absolute atomic E-state index is 0.00699. The number of rotatable bonds is 5. The SMILES string of the molecule is C/C=C(\C(C)N(C)c1ccc(F)cc1)N(NC)C(=O)C(C)(C)C. The van der Waals surface area contributed by atoms with Crippen molar-refractivity contribution in [2.45, 2.75) is 40.7 Å². The predicted octanol–water partition coefficient (Wildman–Crippen LogP) is 3.56. The van der Waals surface area contributed by atoms with Gasteiger partial charge in [0.1, 0.15) is 5.82 Å². The molecule has 0 radical (unpaired) electrons. The van der Waals surface area contributed by atoms with Crippen molar-refractivity contribution in [3.63, 3.8) is 0 Å². The molecule has 1 amide bonds. The van der Waals surface area contributed by atoms with Crippen LogP contribution in [-0.2, 0) is 4.79 Å². The average molecular weight is 321 g/mol. The van der Waals surface area contributed by atoms with Crippen molar-refractivity contribution in [2.75, 3.05) is 19.0 Å². The molecule has 1 N–H and O–H groups in total. The second-order valence-corrected chi connectivity index (χ2v) is 6.59. The van der Waals surface area contributed by atoms with Crippen LogP contribution in [0.15, 0.2) is 36.0 Å². The Hall–Kier alpha value is -1.88. The highest BCUT2D eigenvalue weighted by Crippen LogP contribution is 2.24. The summed E-state index contributed by atoms with van der Waals surface area (Å²) in [6.07, 6.45) is 1.92.